The summed E-state index contributed by atoms with van der Waals surface area (Å²) in [5.74, 6) is -0.0562. The minimum atomic E-state index is -1.16. The molecule has 0 unspecified atom stereocenters. The summed E-state index contributed by atoms with van der Waals surface area (Å²) < 4.78 is 0. The first-order valence-corrected chi connectivity index (χ1v) is 7.04. The number of carbonyl (C=O) groups is 2. The van der Waals surface area contributed by atoms with Crippen LogP contribution < -0.4 is 5.32 Å². The van der Waals surface area contributed by atoms with Crippen molar-refractivity contribution in [1.29, 1.82) is 0 Å². The van der Waals surface area contributed by atoms with E-state index in [1.807, 2.05) is 18.2 Å². The third kappa shape index (κ3) is 2.43. The van der Waals surface area contributed by atoms with Crippen molar-refractivity contribution in [2.45, 2.75) is 24.7 Å². The molecule has 1 fully saturated rings. The standard InChI is InChI=1S/C16H15N3O3/c20-14(12-6-5-11(10-18-12)19-15(21)22)16(7-3-8-16)13-4-1-2-9-17-13/h1-2,4-6,9-10,19H,3,7-8H2,(H,21,22). The summed E-state index contributed by atoms with van der Waals surface area (Å²) in [5.41, 5.74) is 0.863. The van der Waals surface area contributed by atoms with Crippen LogP contribution in [0.2, 0.25) is 0 Å². The molecular weight excluding hydrogens is 282 g/mol. The minimum absolute atomic E-state index is 0.0562. The lowest BCUT2D eigenvalue weighted by Crippen LogP contribution is -2.43. The Morgan fingerprint density at radius 3 is 2.45 bits per heavy atom. The van der Waals surface area contributed by atoms with E-state index in [0.29, 0.717) is 11.4 Å². The molecule has 0 atom stereocenters. The molecule has 2 heterocycles. The van der Waals surface area contributed by atoms with E-state index in [1.54, 1.807) is 18.3 Å². The summed E-state index contributed by atoms with van der Waals surface area (Å²) in [5, 5.41) is 10.9. The van der Waals surface area contributed by atoms with Gasteiger partial charge in [-0.2, -0.15) is 0 Å². The first kappa shape index (κ1) is 14.2. The highest BCUT2D eigenvalue weighted by Crippen LogP contribution is 2.45. The number of Topliss-reactive ketones (excluding diaryl/α,β-unsaturated/α-hetero) is 1. The molecule has 1 aliphatic carbocycles. The van der Waals surface area contributed by atoms with Gasteiger partial charge in [-0.25, -0.2) is 4.79 Å². The van der Waals surface area contributed by atoms with Crippen molar-refractivity contribution in [2.24, 2.45) is 0 Å². The zero-order valence-corrected chi connectivity index (χ0v) is 11.8. The lowest BCUT2D eigenvalue weighted by Gasteiger charge is -2.39. The van der Waals surface area contributed by atoms with Gasteiger partial charge in [0.2, 0.25) is 0 Å². The Kier molecular flexibility index (Phi) is 3.58. The van der Waals surface area contributed by atoms with Crippen molar-refractivity contribution in [3.8, 4) is 0 Å². The van der Waals surface area contributed by atoms with Crippen molar-refractivity contribution in [3.63, 3.8) is 0 Å². The highest BCUT2D eigenvalue weighted by Gasteiger charge is 2.47. The minimum Gasteiger partial charge on any atom is -0.465 e. The molecule has 0 aromatic carbocycles. The second kappa shape index (κ2) is 5.55. The van der Waals surface area contributed by atoms with E-state index in [4.69, 9.17) is 5.11 Å². The molecule has 0 aliphatic heterocycles. The van der Waals surface area contributed by atoms with Gasteiger partial charge in [-0.05, 0) is 37.1 Å². The third-order valence-corrected chi connectivity index (χ3v) is 4.04. The monoisotopic (exact) mass is 297 g/mol. The number of hydrogen-bond donors (Lipinski definition) is 2. The number of pyridine rings is 2. The molecule has 2 aromatic rings. The first-order valence-electron chi connectivity index (χ1n) is 7.04. The maximum absolute atomic E-state index is 12.8. The second-order valence-corrected chi connectivity index (χ2v) is 5.34. The Balaban J connectivity index is 1.88. The number of carbonyl (C=O) groups excluding carboxylic acids is 1. The van der Waals surface area contributed by atoms with Crippen LogP contribution in [0.1, 0.15) is 35.4 Å². The van der Waals surface area contributed by atoms with Gasteiger partial charge in [0.25, 0.3) is 0 Å². The van der Waals surface area contributed by atoms with E-state index in [0.717, 1.165) is 25.0 Å². The van der Waals surface area contributed by atoms with Crippen LogP contribution in [-0.2, 0) is 5.41 Å². The first-order chi connectivity index (χ1) is 10.6. The van der Waals surface area contributed by atoms with Crippen LogP contribution in [0.5, 0.6) is 0 Å². The summed E-state index contributed by atoms with van der Waals surface area (Å²) in [7, 11) is 0. The fraction of sp³-hybridized carbons (Fsp3) is 0.250. The number of hydrogen-bond acceptors (Lipinski definition) is 4. The van der Waals surface area contributed by atoms with Gasteiger partial charge in [0.05, 0.1) is 23.0 Å². The maximum Gasteiger partial charge on any atom is 0.409 e. The lowest BCUT2D eigenvalue weighted by molar-refractivity contribution is 0.0777. The van der Waals surface area contributed by atoms with Gasteiger partial charge in [0.15, 0.2) is 5.78 Å². The number of ketones is 1. The molecule has 2 N–H and O–H groups in total. The summed E-state index contributed by atoms with van der Waals surface area (Å²) in [6.45, 7) is 0. The second-order valence-electron chi connectivity index (χ2n) is 5.34. The molecule has 0 radical (unpaired) electrons. The number of anilines is 1. The molecule has 2 aromatic heterocycles. The fourth-order valence-corrected chi connectivity index (χ4v) is 2.75. The average molecular weight is 297 g/mol. The zero-order chi connectivity index (χ0) is 15.6. The van der Waals surface area contributed by atoms with Gasteiger partial charge >= 0.3 is 6.09 Å². The Hall–Kier alpha value is -2.76. The van der Waals surface area contributed by atoms with E-state index < -0.39 is 11.5 Å². The molecule has 1 saturated carbocycles. The predicted octanol–water partition coefficient (Wildman–Crippen LogP) is 2.87. The molecule has 0 spiro atoms. The van der Waals surface area contributed by atoms with Crippen molar-refractivity contribution < 1.29 is 14.7 Å². The van der Waals surface area contributed by atoms with Gasteiger partial charge in [0.1, 0.15) is 5.69 Å². The Morgan fingerprint density at radius 1 is 1.14 bits per heavy atom. The van der Waals surface area contributed by atoms with Crippen LogP contribution in [0.15, 0.2) is 42.7 Å². The van der Waals surface area contributed by atoms with Gasteiger partial charge < -0.3 is 5.11 Å². The fourth-order valence-electron chi connectivity index (χ4n) is 2.75. The normalized spacial score (nSPS) is 15.6. The number of rotatable bonds is 4. The van der Waals surface area contributed by atoms with Gasteiger partial charge in [-0.3, -0.25) is 20.1 Å². The molecule has 6 nitrogen and oxygen atoms in total. The SMILES string of the molecule is O=C(O)Nc1ccc(C(=O)C2(c3ccccn3)CCC2)nc1. The number of nitrogens with zero attached hydrogens (tertiary/aromatic N) is 2. The van der Waals surface area contributed by atoms with E-state index in [2.05, 4.69) is 15.3 Å². The van der Waals surface area contributed by atoms with Crippen LogP contribution in [0, 0.1) is 0 Å². The topological polar surface area (TPSA) is 92.2 Å². The number of carboxylic acid groups (broad SMARTS) is 1. The third-order valence-electron chi connectivity index (χ3n) is 4.04. The average Bonchev–Trinajstić information content (AvgIpc) is 2.47. The predicted molar refractivity (Wildman–Crippen MR) is 80.0 cm³/mol. The zero-order valence-electron chi connectivity index (χ0n) is 11.8. The number of amides is 1. The van der Waals surface area contributed by atoms with E-state index in [9.17, 15) is 9.59 Å². The van der Waals surface area contributed by atoms with Crippen LogP contribution in [-0.4, -0.2) is 27.0 Å². The molecule has 112 valence electrons. The molecular formula is C16H15N3O3. The summed E-state index contributed by atoms with van der Waals surface area (Å²) in [4.78, 5) is 31.9. The lowest BCUT2D eigenvalue weighted by atomic mass is 9.63. The van der Waals surface area contributed by atoms with Crippen molar-refractivity contribution >= 4 is 17.6 Å². The molecule has 22 heavy (non-hydrogen) atoms. The van der Waals surface area contributed by atoms with E-state index >= 15 is 0 Å². The Morgan fingerprint density at radius 2 is 1.95 bits per heavy atom. The molecule has 3 rings (SSSR count). The van der Waals surface area contributed by atoms with Crippen LogP contribution >= 0.6 is 0 Å². The molecule has 1 aliphatic rings. The van der Waals surface area contributed by atoms with E-state index in [1.165, 1.54) is 6.20 Å². The Labute approximate surface area is 127 Å². The maximum atomic E-state index is 12.8. The highest BCUT2D eigenvalue weighted by molar-refractivity contribution is 6.03. The van der Waals surface area contributed by atoms with Crippen LogP contribution in [0.4, 0.5) is 10.5 Å². The molecule has 6 heteroatoms. The highest BCUT2D eigenvalue weighted by atomic mass is 16.4. The molecule has 0 bridgehead atoms. The van der Waals surface area contributed by atoms with E-state index in [-0.39, 0.29) is 5.78 Å². The summed E-state index contributed by atoms with van der Waals surface area (Å²) >= 11 is 0. The van der Waals surface area contributed by atoms with Gasteiger partial charge in [0, 0.05) is 6.20 Å². The number of aromatic nitrogens is 2. The van der Waals surface area contributed by atoms with Crippen LogP contribution in [0.25, 0.3) is 0 Å². The summed E-state index contributed by atoms with van der Waals surface area (Å²) in [6.07, 6.45) is 4.40. The smallest absolute Gasteiger partial charge is 0.409 e. The van der Waals surface area contributed by atoms with Crippen LogP contribution in [0.3, 0.4) is 0 Å². The van der Waals surface area contributed by atoms with Gasteiger partial charge in [-0.1, -0.05) is 12.5 Å². The Bertz CT molecular complexity index is 694. The molecule has 1 amide bonds. The molecule has 0 saturated heterocycles. The summed E-state index contributed by atoms with van der Waals surface area (Å²) in [6, 6.07) is 8.67. The largest absolute Gasteiger partial charge is 0.465 e. The van der Waals surface area contributed by atoms with Crippen molar-refractivity contribution in [2.75, 3.05) is 5.32 Å². The van der Waals surface area contributed by atoms with Gasteiger partial charge in [-0.15, -0.1) is 0 Å². The quantitative estimate of drug-likeness (QED) is 0.846. The van der Waals surface area contributed by atoms with Crippen molar-refractivity contribution in [3.05, 3.63) is 54.1 Å². The van der Waals surface area contributed by atoms with Crippen molar-refractivity contribution in [1.82, 2.24) is 9.97 Å². The number of nitrogens with one attached hydrogen (secondary N) is 1.